The van der Waals surface area contributed by atoms with Crippen molar-refractivity contribution in [2.24, 2.45) is 10.7 Å². The molecule has 0 saturated carbocycles. The first-order chi connectivity index (χ1) is 11.1. The van der Waals surface area contributed by atoms with Gasteiger partial charge >= 0.3 is 0 Å². The lowest BCUT2D eigenvalue weighted by Gasteiger charge is -2.10. The van der Waals surface area contributed by atoms with Crippen molar-refractivity contribution in [3.05, 3.63) is 64.7 Å². The summed E-state index contributed by atoms with van der Waals surface area (Å²) in [6, 6.07) is 9.83. The topological polar surface area (TPSA) is 83.5 Å². The fourth-order valence-electron chi connectivity index (χ4n) is 1.93. The van der Waals surface area contributed by atoms with Gasteiger partial charge < -0.3 is 16.2 Å². The maximum absolute atomic E-state index is 13.3. The van der Waals surface area contributed by atoms with Gasteiger partial charge in [0.15, 0.2) is 5.96 Å². The lowest BCUT2D eigenvalue weighted by atomic mass is 10.1. The molecule has 2 aromatic rings. The first-order valence-corrected chi connectivity index (χ1v) is 7.51. The van der Waals surface area contributed by atoms with Gasteiger partial charge in [-0.05, 0) is 29.8 Å². The molecule has 1 aromatic heterocycles. The number of aliphatic hydroxyl groups is 1. The van der Waals surface area contributed by atoms with E-state index in [-0.39, 0.29) is 17.5 Å². The van der Waals surface area contributed by atoms with Crippen LogP contribution in [0, 0.1) is 5.82 Å². The molecule has 1 unspecified atom stereocenters. The molecule has 1 atom stereocenters. The molecular formula is C16H18ClFN4O. The Bertz CT molecular complexity index is 666. The van der Waals surface area contributed by atoms with E-state index in [0.29, 0.717) is 18.5 Å². The van der Waals surface area contributed by atoms with Gasteiger partial charge in [-0.15, -0.1) is 0 Å². The molecule has 0 amide bonds. The van der Waals surface area contributed by atoms with Crippen molar-refractivity contribution in [1.29, 1.82) is 0 Å². The van der Waals surface area contributed by atoms with Crippen molar-refractivity contribution >= 4 is 17.6 Å². The van der Waals surface area contributed by atoms with E-state index in [4.69, 9.17) is 17.3 Å². The van der Waals surface area contributed by atoms with Crippen LogP contribution in [0.5, 0.6) is 0 Å². The Kier molecular flexibility index (Phi) is 6.31. The summed E-state index contributed by atoms with van der Waals surface area (Å²) in [5.41, 5.74) is 7.08. The van der Waals surface area contributed by atoms with Crippen molar-refractivity contribution < 1.29 is 9.50 Å². The Morgan fingerprint density at radius 1 is 1.39 bits per heavy atom. The zero-order valence-electron chi connectivity index (χ0n) is 12.4. The molecule has 122 valence electrons. The SMILES string of the molecule is NC(=NCC(O)c1ccc(Cl)c(F)c1)NCCc1ccccn1. The number of aliphatic imine (C=N–C) groups is 1. The van der Waals surface area contributed by atoms with E-state index < -0.39 is 11.9 Å². The predicted molar refractivity (Wildman–Crippen MR) is 88.8 cm³/mol. The van der Waals surface area contributed by atoms with E-state index in [1.54, 1.807) is 12.3 Å². The third kappa shape index (κ3) is 5.50. The highest BCUT2D eigenvalue weighted by Crippen LogP contribution is 2.20. The highest BCUT2D eigenvalue weighted by atomic mass is 35.5. The van der Waals surface area contributed by atoms with Gasteiger partial charge in [0.2, 0.25) is 0 Å². The molecule has 0 radical (unpaired) electrons. The number of aromatic nitrogens is 1. The minimum atomic E-state index is -0.946. The van der Waals surface area contributed by atoms with Gasteiger partial charge in [0, 0.05) is 24.9 Å². The van der Waals surface area contributed by atoms with Crippen LogP contribution in [-0.2, 0) is 6.42 Å². The van der Waals surface area contributed by atoms with Crippen LogP contribution in [0.2, 0.25) is 5.02 Å². The van der Waals surface area contributed by atoms with Crippen LogP contribution in [0.1, 0.15) is 17.4 Å². The molecule has 0 bridgehead atoms. The number of benzene rings is 1. The summed E-state index contributed by atoms with van der Waals surface area (Å²) in [6.07, 6.45) is 1.49. The summed E-state index contributed by atoms with van der Waals surface area (Å²) in [5, 5.41) is 12.9. The lowest BCUT2D eigenvalue weighted by Crippen LogP contribution is -2.33. The summed E-state index contributed by atoms with van der Waals surface area (Å²) in [6.45, 7) is 0.613. The number of guanidine groups is 1. The average molecular weight is 337 g/mol. The van der Waals surface area contributed by atoms with Crippen molar-refractivity contribution in [2.75, 3.05) is 13.1 Å². The van der Waals surface area contributed by atoms with Gasteiger partial charge in [-0.25, -0.2) is 4.39 Å². The zero-order chi connectivity index (χ0) is 16.7. The monoisotopic (exact) mass is 336 g/mol. The second-order valence-electron chi connectivity index (χ2n) is 4.91. The van der Waals surface area contributed by atoms with Crippen molar-refractivity contribution in [1.82, 2.24) is 10.3 Å². The maximum Gasteiger partial charge on any atom is 0.188 e. The standard InChI is InChI=1S/C16H18ClFN4O/c17-13-5-4-11(9-14(13)18)15(23)10-22-16(19)21-8-6-12-3-1-2-7-20-12/h1-5,7,9,15,23H,6,8,10H2,(H3,19,21,22). The van der Waals surface area contributed by atoms with E-state index in [1.165, 1.54) is 12.1 Å². The number of aliphatic hydroxyl groups excluding tert-OH is 1. The number of nitrogens with two attached hydrogens (primary N) is 1. The molecule has 0 fully saturated rings. The second kappa shape index (κ2) is 8.45. The van der Waals surface area contributed by atoms with Crippen LogP contribution in [0.4, 0.5) is 4.39 Å². The fourth-order valence-corrected chi connectivity index (χ4v) is 2.05. The molecule has 4 N–H and O–H groups in total. The number of hydrogen-bond donors (Lipinski definition) is 3. The summed E-state index contributed by atoms with van der Waals surface area (Å²) < 4.78 is 13.3. The van der Waals surface area contributed by atoms with Crippen molar-refractivity contribution in [2.45, 2.75) is 12.5 Å². The van der Waals surface area contributed by atoms with E-state index in [2.05, 4.69) is 15.3 Å². The summed E-state index contributed by atoms with van der Waals surface area (Å²) in [5.74, 6) is -0.358. The molecule has 0 spiro atoms. The van der Waals surface area contributed by atoms with Gasteiger partial charge in [0.25, 0.3) is 0 Å². The van der Waals surface area contributed by atoms with Crippen LogP contribution in [-0.4, -0.2) is 29.1 Å². The van der Waals surface area contributed by atoms with Gasteiger partial charge in [-0.1, -0.05) is 23.7 Å². The first kappa shape index (κ1) is 17.2. The number of rotatable bonds is 6. The Labute approximate surface area is 139 Å². The number of hydrogen-bond acceptors (Lipinski definition) is 3. The summed E-state index contributed by atoms with van der Waals surface area (Å²) >= 11 is 5.60. The molecule has 1 heterocycles. The molecular weight excluding hydrogens is 319 g/mol. The molecule has 0 aliphatic heterocycles. The molecule has 2 rings (SSSR count). The smallest absolute Gasteiger partial charge is 0.188 e. The third-order valence-corrected chi connectivity index (χ3v) is 3.48. The molecule has 0 saturated heterocycles. The highest BCUT2D eigenvalue weighted by molar-refractivity contribution is 6.30. The number of halogens is 2. The Hall–Kier alpha value is -2.18. The van der Waals surface area contributed by atoms with Crippen LogP contribution in [0.15, 0.2) is 47.6 Å². The molecule has 0 aliphatic carbocycles. The largest absolute Gasteiger partial charge is 0.386 e. The van der Waals surface area contributed by atoms with Crippen molar-refractivity contribution in [3.8, 4) is 0 Å². The molecule has 0 aliphatic rings. The van der Waals surface area contributed by atoms with Crippen LogP contribution in [0.3, 0.4) is 0 Å². The fraction of sp³-hybridized carbons (Fsp3) is 0.250. The second-order valence-corrected chi connectivity index (χ2v) is 5.32. The Morgan fingerprint density at radius 3 is 2.91 bits per heavy atom. The minimum absolute atomic E-state index is 0.0140. The van der Waals surface area contributed by atoms with E-state index >= 15 is 0 Å². The summed E-state index contributed by atoms with van der Waals surface area (Å²) in [7, 11) is 0. The van der Waals surface area contributed by atoms with E-state index in [1.807, 2.05) is 18.2 Å². The number of pyridine rings is 1. The minimum Gasteiger partial charge on any atom is -0.386 e. The van der Waals surface area contributed by atoms with Crippen LogP contribution < -0.4 is 11.1 Å². The van der Waals surface area contributed by atoms with Crippen molar-refractivity contribution in [3.63, 3.8) is 0 Å². The zero-order valence-corrected chi connectivity index (χ0v) is 13.2. The molecule has 23 heavy (non-hydrogen) atoms. The quantitative estimate of drug-likeness (QED) is 0.557. The Morgan fingerprint density at radius 2 is 2.22 bits per heavy atom. The predicted octanol–water partition coefficient (Wildman–Crippen LogP) is 2.05. The highest BCUT2D eigenvalue weighted by Gasteiger charge is 2.09. The maximum atomic E-state index is 13.3. The number of nitrogens with one attached hydrogen (secondary N) is 1. The third-order valence-electron chi connectivity index (χ3n) is 3.18. The van der Waals surface area contributed by atoms with Gasteiger partial charge in [0.05, 0.1) is 17.7 Å². The van der Waals surface area contributed by atoms with Gasteiger partial charge in [-0.2, -0.15) is 0 Å². The van der Waals surface area contributed by atoms with E-state index in [0.717, 1.165) is 5.69 Å². The molecule has 1 aromatic carbocycles. The molecule has 5 nitrogen and oxygen atoms in total. The molecule has 7 heteroatoms. The number of nitrogens with zero attached hydrogens (tertiary/aromatic N) is 2. The van der Waals surface area contributed by atoms with E-state index in [9.17, 15) is 9.50 Å². The van der Waals surface area contributed by atoms with Gasteiger partial charge in [0.1, 0.15) is 5.82 Å². The average Bonchev–Trinajstić information content (AvgIpc) is 2.56. The van der Waals surface area contributed by atoms with Crippen LogP contribution in [0.25, 0.3) is 0 Å². The first-order valence-electron chi connectivity index (χ1n) is 7.13. The summed E-state index contributed by atoms with van der Waals surface area (Å²) in [4.78, 5) is 8.24. The van der Waals surface area contributed by atoms with Gasteiger partial charge in [-0.3, -0.25) is 9.98 Å². The normalized spacial score (nSPS) is 12.9. The van der Waals surface area contributed by atoms with Crippen LogP contribution >= 0.6 is 11.6 Å². The lowest BCUT2D eigenvalue weighted by molar-refractivity contribution is 0.186. The Balaban J connectivity index is 1.80.